The third-order valence-corrected chi connectivity index (χ3v) is 2.55. The summed E-state index contributed by atoms with van der Waals surface area (Å²) in [5.41, 5.74) is 0.382. The van der Waals surface area contributed by atoms with Crippen LogP contribution in [0.1, 0.15) is 16.2 Å². The molecule has 2 aromatic rings. The number of nitrogens with zero attached hydrogens (tertiary/aromatic N) is 2. The maximum atomic E-state index is 11.8. The van der Waals surface area contributed by atoms with Crippen LogP contribution in [0.15, 0.2) is 23.0 Å². The molecule has 0 spiro atoms. The Labute approximate surface area is 91.0 Å². The van der Waals surface area contributed by atoms with Crippen LogP contribution in [0.2, 0.25) is 0 Å². The van der Waals surface area contributed by atoms with Crippen molar-refractivity contribution >= 4 is 16.9 Å². The number of aromatic nitrogens is 2. The van der Waals surface area contributed by atoms with Gasteiger partial charge < -0.3 is 5.11 Å². The van der Waals surface area contributed by atoms with Crippen LogP contribution in [0.4, 0.5) is 0 Å². The van der Waals surface area contributed by atoms with E-state index >= 15 is 0 Å². The Hall–Kier alpha value is -2.17. The number of carboxylic acids is 1. The number of carboxylic acid groups (broad SMARTS) is 1. The number of aryl methyl sites for hydroxylation is 1. The average molecular weight is 218 g/mol. The summed E-state index contributed by atoms with van der Waals surface area (Å²) in [4.78, 5) is 26.8. The van der Waals surface area contributed by atoms with E-state index in [-0.39, 0.29) is 11.1 Å². The molecular formula is C11H10N2O3. The standard InChI is InChI=1S/C11H10N2O3/c1-6-12-9-5-7(11(15)16)3-4-8(9)10(14)13(6)2/h3-5H,1-2H3,(H,15,16). The molecule has 0 aliphatic heterocycles. The topological polar surface area (TPSA) is 72.2 Å². The van der Waals surface area contributed by atoms with Crippen molar-refractivity contribution in [2.45, 2.75) is 6.92 Å². The Bertz CT molecular complexity index is 643. The maximum Gasteiger partial charge on any atom is 0.335 e. The Morgan fingerprint density at radius 3 is 2.75 bits per heavy atom. The van der Waals surface area contributed by atoms with Crippen molar-refractivity contribution in [2.75, 3.05) is 0 Å². The third-order valence-electron chi connectivity index (χ3n) is 2.55. The number of carbonyl (C=O) groups is 1. The lowest BCUT2D eigenvalue weighted by Gasteiger charge is -2.05. The maximum absolute atomic E-state index is 11.8. The highest BCUT2D eigenvalue weighted by Crippen LogP contribution is 2.11. The van der Waals surface area contributed by atoms with Crippen molar-refractivity contribution in [3.63, 3.8) is 0 Å². The lowest BCUT2D eigenvalue weighted by Crippen LogP contribution is -2.20. The molecule has 16 heavy (non-hydrogen) atoms. The fourth-order valence-electron chi connectivity index (χ4n) is 1.51. The van der Waals surface area contributed by atoms with Crippen LogP contribution in [-0.2, 0) is 7.05 Å². The molecule has 1 aromatic heterocycles. The lowest BCUT2D eigenvalue weighted by molar-refractivity contribution is 0.0697. The quantitative estimate of drug-likeness (QED) is 0.773. The van der Waals surface area contributed by atoms with E-state index in [1.807, 2.05) is 0 Å². The van der Waals surface area contributed by atoms with Gasteiger partial charge in [0.15, 0.2) is 0 Å². The lowest BCUT2D eigenvalue weighted by atomic mass is 10.1. The molecule has 0 saturated carbocycles. The van der Waals surface area contributed by atoms with Crippen LogP contribution in [0.3, 0.4) is 0 Å². The highest BCUT2D eigenvalue weighted by Gasteiger charge is 2.08. The molecule has 0 amide bonds. The van der Waals surface area contributed by atoms with Crippen molar-refractivity contribution < 1.29 is 9.90 Å². The second-order valence-corrected chi connectivity index (χ2v) is 3.56. The molecule has 0 aliphatic carbocycles. The molecule has 82 valence electrons. The molecular weight excluding hydrogens is 208 g/mol. The SMILES string of the molecule is Cc1nc2cc(C(=O)O)ccc2c(=O)n1C. The van der Waals surface area contributed by atoms with E-state index in [0.717, 1.165) is 0 Å². The Morgan fingerprint density at radius 2 is 2.12 bits per heavy atom. The van der Waals surface area contributed by atoms with Crippen LogP contribution in [-0.4, -0.2) is 20.6 Å². The molecule has 0 bridgehead atoms. The van der Waals surface area contributed by atoms with E-state index < -0.39 is 5.97 Å². The Balaban J connectivity index is 2.86. The Morgan fingerprint density at radius 1 is 1.44 bits per heavy atom. The first kappa shape index (κ1) is 10.4. The van der Waals surface area contributed by atoms with Crippen LogP contribution in [0.5, 0.6) is 0 Å². The minimum atomic E-state index is -1.03. The van der Waals surface area contributed by atoms with Crippen LogP contribution < -0.4 is 5.56 Å². The summed E-state index contributed by atoms with van der Waals surface area (Å²) in [7, 11) is 1.63. The number of hydrogen-bond acceptors (Lipinski definition) is 3. The molecule has 0 unspecified atom stereocenters. The van der Waals surface area contributed by atoms with Gasteiger partial charge in [-0.05, 0) is 25.1 Å². The van der Waals surface area contributed by atoms with Gasteiger partial charge in [0.05, 0.1) is 16.5 Å². The highest BCUT2D eigenvalue weighted by atomic mass is 16.4. The Kier molecular flexibility index (Phi) is 2.23. The minimum Gasteiger partial charge on any atom is -0.478 e. The van der Waals surface area contributed by atoms with Gasteiger partial charge in [-0.1, -0.05) is 0 Å². The number of aromatic carboxylic acids is 1. The van der Waals surface area contributed by atoms with Crippen molar-refractivity contribution in [1.82, 2.24) is 9.55 Å². The van der Waals surface area contributed by atoms with Crippen molar-refractivity contribution in [3.8, 4) is 0 Å². The van der Waals surface area contributed by atoms with Gasteiger partial charge in [0, 0.05) is 7.05 Å². The summed E-state index contributed by atoms with van der Waals surface area (Å²) in [5, 5.41) is 9.26. The highest BCUT2D eigenvalue weighted by molar-refractivity contribution is 5.92. The summed E-state index contributed by atoms with van der Waals surface area (Å²) >= 11 is 0. The molecule has 2 rings (SSSR count). The summed E-state index contributed by atoms with van der Waals surface area (Å²) < 4.78 is 1.43. The number of rotatable bonds is 1. The van der Waals surface area contributed by atoms with Gasteiger partial charge in [-0.25, -0.2) is 9.78 Å². The van der Waals surface area contributed by atoms with E-state index in [0.29, 0.717) is 16.7 Å². The van der Waals surface area contributed by atoms with Gasteiger partial charge in [0.2, 0.25) is 0 Å². The van der Waals surface area contributed by atoms with E-state index in [9.17, 15) is 9.59 Å². The monoisotopic (exact) mass is 218 g/mol. The molecule has 1 aromatic carbocycles. The third kappa shape index (κ3) is 1.46. The first-order valence-corrected chi connectivity index (χ1v) is 4.71. The van der Waals surface area contributed by atoms with Gasteiger partial charge >= 0.3 is 5.97 Å². The van der Waals surface area contributed by atoms with E-state index in [4.69, 9.17) is 5.11 Å². The van der Waals surface area contributed by atoms with E-state index in [1.54, 1.807) is 14.0 Å². The van der Waals surface area contributed by atoms with Gasteiger partial charge in [0.25, 0.3) is 5.56 Å². The minimum absolute atomic E-state index is 0.132. The van der Waals surface area contributed by atoms with Gasteiger partial charge in [-0.3, -0.25) is 9.36 Å². The van der Waals surface area contributed by atoms with Gasteiger partial charge in [-0.2, -0.15) is 0 Å². The van der Waals surface area contributed by atoms with Crippen LogP contribution in [0, 0.1) is 6.92 Å². The molecule has 0 radical (unpaired) electrons. The second-order valence-electron chi connectivity index (χ2n) is 3.56. The molecule has 0 aliphatic rings. The number of benzene rings is 1. The van der Waals surface area contributed by atoms with Crippen molar-refractivity contribution in [1.29, 1.82) is 0 Å². The van der Waals surface area contributed by atoms with Gasteiger partial charge in [0.1, 0.15) is 5.82 Å². The molecule has 0 fully saturated rings. The molecule has 1 N–H and O–H groups in total. The molecule has 5 nitrogen and oxygen atoms in total. The zero-order valence-electron chi connectivity index (χ0n) is 8.89. The van der Waals surface area contributed by atoms with Crippen molar-refractivity contribution in [2.24, 2.45) is 7.05 Å². The molecule has 0 saturated heterocycles. The number of hydrogen-bond donors (Lipinski definition) is 1. The molecule has 1 heterocycles. The van der Waals surface area contributed by atoms with E-state index in [1.165, 1.54) is 22.8 Å². The number of fused-ring (bicyclic) bond motifs is 1. The first-order valence-electron chi connectivity index (χ1n) is 4.71. The molecule has 5 heteroatoms. The normalized spacial score (nSPS) is 10.6. The van der Waals surface area contributed by atoms with Crippen molar-refractivity contribution in [3.05, 3.63) is 39.9 Å². The van der Waals surface area contributed by atoms with Gasteiger partial charge in [-0.15, -0.1) is 0 Å². The first-order chi connectivity index (χ1) is 7.50. The summed E-state index contributed by atoms with van der Waals surface area (Å²) in [5.74, 6) is -0.470. The summed E-state index contributed by atoms with van der Waals surface area (Å²) in [6.45, 7) is 1.70. The fraction of sp³-hybridized carbons (Fsp3) is 0.182. The zero-order valence-corrected chi connectivity index (χ0v) is 8.89. The summed E-state index contributed by atoms with van der Waals surface area (Å²) in [6, 6.07) is 4.31. The second kappa shape index (κ2) is 3.44. The summed E-state index contributed by atoms with van der Waals surface area (Å²) in [6.07, 6.45) is 0. The zero-order chi connectivity index (χ0) is 11.9. The largest absolute Gasteiger partial charge is 0.478 e. The fourth-order valence-corrected chi connectivity index (χ4v) is 1.51. The average Bonchev–Trinajstić information content (AvgIpc) is 2.25. The predicted molar refractivity (Wildman–Crippen MR) is 58.7 cm³/mol. The smallest absolute Gasteiger partial charge is 0.335 e. The van der Waals surface area contributed by atoms with E-state index in [2.05, 4.69) is 4.98 Å². The predicted octanol–water partition coefficient (Wildman–Crippen LogP) is 0.940. The van der Waals surface area contributed by atoms with Crippen LogP contribution >= 0.6 is 0 Å². The van der Waals surface area contributed by atoms with Crippen LogP contribution in [0.25, 0.3) is 10.9 Å². The molecule has 0 atom stereocenters.